The molecular formula is C27H31ClF3N3O5S. The highest BCUT2D eigenvalue weighted by Crippen LogP contribution is 2.25. The van der Waals surface area contributed by atoms with Crippen molar-refractivity contribution in [1.29, 1.82) is 0 Å². The quantitative estimate of drug-likeness (QED) is 0.448. The molecule has 2 N–H and O–H groups in total. The molecule has 2 aromatic carbocycles. The van der Waals surface area contributed by atoms with Gasteiger partial charge in [0.25, 0.3) is 0 Å². The van der Waals surface area contributed by atoms with Crippen molar-refractivity contribution in [3.8, 4) is 0 Å². The zero-order valence-corrected chi connectivity index (χ0v) is 23.2. The molecule has 8 nitrogen and oxygen atoms in total. The van der Waals surface area contributed by atoms with Gasteiger partial charge >= 0.3 is 18.1 Å². The van der Waals surface area contributed by atoms with Gasteiger partial charge in [0.1, 0.15) is 6.04 Å². The number of aliphatic carboxylic acids is 1. The maximum atomic E-state index is 13.2. The lowest BCUT2D eigenvalue weighted by molar-refractivity contribution is -0.185. The van der Waals surface area contributed by atoms with Gasteiger partial charge in [-0.2, -0.15) is 17.9 Å². The van der Waals surface area contributed by atoms with Crippen molar-refractivity contribution in [3.05, 3.63) is 76.9 Å². The summed E-state index contributed by atoms with van der Waals surface area (Å²) < 4.78 is 67.2. The molecule has 2 heterocycles. The maximum absolute atomic E-state index is 13.2. The number of carboxylic acids is 1. The van der Waals surface area contributed by atoms with E-state index in [4.69, 9.17) is 0 Å². The van der Waals surface area contributed by atoms with Gasteiger partial charge in [-0.1, -0.05) is 48.0 Å². The van der Waals surface area contributed by atoms with Crippen molar-refractivity contribution in [1.82, 2.24) is 14.5 Å². The predicted octanol–water partition coefficient (Wildman–Crippen LogP) is 3.55. The van der Waals surface area contributed by atoms with Gasteiger partial charge in [-0.25, -0.2) is 8.42 Å². The fourth-order valence-electron chi connectivity index (χ4n) is 4.95. The number of benzene rings is 2. The Balaban J connectivity index is 0.00000441. The normalized spacial score (nSPS) is 17.2. The maximum Gasteiger partial charge on any atom is 0.471 e. The van der Waals surface area contributed by atoms with Crippen LogP contribution in [-0.2, 0) is 39.0 Å². The SMILES string of the molecule is Cl.O=C(O)C(CC1=CCCN(Cc2ccccc2)C1)NS(=O)(=O)c1ccc2c(c1)CCN(C(=O)C(F)(F)F)CC2. The fourth-order valence-corrected chi connectivity index (χ4v) is 6.19. The molecular weight excluding hydrogens is 571 g/mol. The molecule has 0 saturated carbocycles. The predicted molar refractivity (Wildman–Crippen MR) is 145 cm³/mol. The molecule has 13 heteroatoms. The molecule has 40 heavy (non-hydrogen) atoms. The number of halogens is 4. The zero-order chi connectivity index (χ0) is 28.2. The molecule has 0 aromatic heterocycles. The molecule has 218 valence electrons. The van der Waals surface area contributed by atoms with Crippen LogP contribution < -0.4 is 4.72 Å². The summed E-state index contributed by atoms with van der Waals surface area (Å²) in [5, 5.41) is 9.79. The average molecular weight is 602 g/mol. The van der Waals surface area contributed by atoms with E-state index in [2.05, 4.69) is 9.62 Å². The number of amides is 1. The van der Waals surface area contributed by atoms with Crippen LogP contribution in [0, 0.1) is 0 Å². The molecule has 0 spiro atoms. The third-order valence-electron chi connectivity index (χ3n) is 6.94. The minimum atomic E-state index is -4.98. The van der Waals surface area contributed by atoms with Crippen molar-refractivity contribution >= 4 is 34.3 Å². The van der Waals surface area contributed by atoms with Crippen molar-refractivity contribution in [2.75, 3.05) is 26.2 Å². The molecule has 2 aromatic rings. The Bertz CT molecular complexity index is 1350. The number of alkyl halides is 3. The summed E-state index contributed by atoms with van der Waals surface area (Å²) in [5.41, 5.74) is 3.10. The van der Waals surface area contributed by atoms with Gasteiger partial charge in [-0.3, -0.25) is 14.5 Å². The number of nitrogens with one attached hydrogen (secondary N) is 1. The van der Waals surface area contributed by atoms with Crippen LogP contribution in [0.1, 0.15) is 29.5 Å². The third kappa shape index (κ3) is 8.06. The van der Waals surface area contributed by atoms with E-state index < -0.39 is 34.1 Å². The van der Waals surface area contributed by atoms with Crippen LogP contribution in [0.15, 0.2) is 65.1 Å². The summed E-state index contributed by atoms with van der Waals surface area (Å²) in [6.45, 7) is 1.69. The lowest BCUT2D eigenvalue weighted by Gasteiger charge is -2.28. The van der Waals surface area contributed by atoms with Gasteiger partial charge in [-0.05, 0) is 54.5 Å². The second-order valence-corrected chi connectivity index (χ2v) is 11.5. The molecule has 1 unspecified atom stereocenters. The second kappa shape index (κ2) is 13.2. The summed E-state index contributed by atoms with van der Waals surface area (Å²) in [6.07, 6.45) is -2.11. The minimum Gasteiger partial charge on any atom is -0.480 e. The number of sulfonamides is 1. The van der Waals surface area contributed by atoms with E-state index in [9.17, 15) is 36.3 Å². The third-order valence-corrected chi connectivity index (χ3v) is 8.41. The molecule has 0 radical (unpaired) electrons. The lowest BCUT2D eigenvalue weighted by Crippen LogP contribution is -2.42. The molecule has 0 aliphatic carbocycles. The molecule has 2 aliphatic rings. The number of fused-ring (bicyclic) bond motifs is 1. The van der Waals surface area contributed by atoms with Gasteiger partial charge in [-0.15, -0.1) is 12.4 Å². The van der Waals surface area contributed by atoms with E-state index in [1.807, 2.05) is 36.4 Å². The van der Waals surface area contributed by atoms with E-state index >= 15 is 0 Å². The van der Waals surface area contributed by atoms with E-state index in [1.165, 1.54) is 18.2 Å². The van der Waals surface area contributed by atoms with Crippen molar-refractivity contribution in [2.24, 2.45) is 0 Å². The Kier molecular flexibility index (Phi) is 10.4. The van der Waals surface area contributed by atoms with Gasteiger partial charge < -0.3 is 10.0 Å². The molecule has 4 rings (SSSR count). The van der Waals surface area contributed by atoms with E-state index in [0.717, 1.165) is 24.1 Å². The van der Waals surface area contributed by atoms with Gasteiger partial charge in [0.15, 0.2) is 0 Å². The van der Waals surface area contributed by atoms with Crippen LogP contribution >= 0.6 is 12.4 Å². The van der Waals surface area contributed by atoms with Crippen LogP contribution in [-0.4, -0.2) is 73.6 Å². The van der Waals surface area contributed by atoms with Crippen LogP contribution in [0.4, 0.5) is 13.2 Å². The smallest absolute Gasteiger partial charge is 0.471 e. The van der Waals surface area contributed by atoms with Crippen LogP contribution in [0.3, 0.4) is 0 Å². The van der Waals surface area contributed by atoms with Gasteiger partial charge in [0, 0.05) is 32.7 Å². The Hall–Kier alpha value is -2.93. The van der Waals surface area contributed by atoms with E-state index in [-0.39, 0.29) is 49.7 Å². The van der Waals surface area contributed by atoms with Crippen LogP contribution in [0.25, 0.3) is 0 Å². The monoisotopic (exact) mass is 601 g/mol. The minimum absolute atomic E-state index is 0. The van der Waals surface area contributed by atoms with Gasteiger partial charge in [0.2, 0.25) is 10.0 Å². The Morgan fingerprint density at radius 2 is 1.68 bits per heavy atom. The highest BCUT2D eigenvalue weighted by Gasteiger charge is 2.42. The number of hydrogen-bond acceptors (Lipinski definition) is 5. The molecule has 0 bridgehead atoms. The Morgan fingerprint density at radius 1 is 1.00 bits per heavy atom. The standard InChI is InChI=1S/C27H30F3N3O5S.ClH/c28-27(29,30)26(36)33-13-10-21-8-9-23(16-22(21)11-14-33)39(37,38)31-24(25(34)35)15-20-7-4-12-32(18-20)17-19-5-2-1-3-6-19;/h1-3,5-9,16,24,31H,4,10-15,17-18H2,(H,34,35);1H. The first-order valence-corrected chi connectivity index (χ1v) is 14.1. The highest BCUT2D eigenvalue weighted by molar-refractivity contribution is 7.89. The largest absolute Gasteiger partial charge is 0.480 e. The van der Waals surface area contributed by atoms with E-state index in [1.54, 1.807) is 0 Å². The van der Waals surface area contributed by atoms with Crippen molar-refractivity contribution in [2.45, 2.75) is 49.3 Å². The summed E-state index contributed by atoms with van der Waals surface area (Å²) in [4.78, 5) is 26.4. The molecule has 1 amide bonds. The van der Waals surface area contributed by atoms with Gasteiger partial charge in [0.05, 0.1) is 4.90 Å². The van der Waals surface area contributed by atoms with Crippen molar-refractivity contribution in [3.63, 3.8) is 0 Å². The number of carboxylic acid groups (broad SMARTS) is 1. The Labute approximate surface area is 237 Å². The molecule has 0 fully saturated rings. The summed E-state index contributed by atoms with van der Waals surface area (Å²) >= 11 is 0. The summed E-state index contributed by atoms with van der Waals surface area (Å²) in [6, 6.07) is 12.6. The fraction of sp³-hybridized carbons (Fsp3) is 0.407. The number of carbonyl (C=O) groups is 2. The highest BCUT2D eigenvalue weighted by atomic mass is 35.5. The number of rotatable bonds is 8. The Morgan fingerprint density at radius 3 is 2.33 bits per heavy atom. The number of hydrogen-bond donors (Lipinski definition) is 2. The second-order valence-electron chi connectivity index (χ2n) is 9.78. The zero-order valence-electron chi connectivity index (χ0n) is 21.6. The van der Waals surface area contributed by atoms with Crippen LogP contribution in [0.5, 0.6) is 0 Å². The van der Waals surface area contributed by atoms with E-state index in [0.29, 0.717) is 29.1 Å². The first kappa shape index (κ1) is 31.6. The topological polar surface area (TPSA) is 107 Å². The average Bonchev–Trinajstić information content (AvgIpc) is 3.10. The molecule has 1 atom stereocenters. The summed E-state index contributed by atoms with van der Waals surface area (Å²) in [7, 11) is -4.25. The number of carbonyl (C=O) groups excluding carboxylic acids is 1. The first-order chi connectivity index (χ1) is 18.4. The van der Waals surface area contributed by atoms with Crippen LogP contribution in [0.2, 0.25) is 0 Å². The molecule has 0 saturated heterocycles. The summed E-state index contributed by atoms with van der Waals surface area (Å²) in [5.74, 6) is -3.23. The lowest BCUT2D eigenvalue weighted by atomic mass is 10.0. The first-order valence-electron chi connectivity index (χ1n) is 12.6. The van der Waals surface area contributed by atoms with Crippen molar-refractivity contribution < 1.29 is 36.3 Å². The number of nitrogens with zero attached hydrogens (tertiary/aromatic N) is 2. The molecule has 2 aliphatic heterocycles.